The quantitative estimate of drug-likeness (QED) is 0.882. The summed E-state index contributed by atoms with van der Waals surface area (Å²) >= 11 is 0. The Balaban J connectivity index is 2.43. The molecule has 1 amide bonds. The van der Waals surface area contributed by atoms with Crippen molar-refractivity contribution < 1.29 is 4.79 Å². The van der Waals surface area contributed by atoms with E-state index >= 15 is 0 Å². The first-order chi connectivity index (χ1) is 8.13. The van der Waals surface area contributed by atoms with Gasteiger partial charge in [-0.05, 0) is 19.1 Å². The zero-order valence-corrected chi connectivity index (χ0v) is 10.4. The monoisotopic (exact) mass is 231 g/mol. The normalized spacial score (nSPS) is 11.1. The average Bonchev–Trinajstić information content (AvgIpc) is 2.65. The molecule has 0 radical (unpaired) electrons. The minimum Gasteiger partial charge on any atom is -0.310 e. The van der Waals surface area contributed by atoms with Crippen LogP contribution in [0.15, 0.2) is 24.3 Å². The Morgan fingerprint density at radius 3 is 2.76 bits per heavy atom. The Kier molecular flexibility index (Phi) is 3.13. The SMILES string of the molecule is CCn1c(NC(=O)C(C)C)nc2ccccc21. The van der Waals surface area contributed by atoms with E-state index in [1.54, 1.807) is 0 Å². The molecule has 1 N–H and O–H groups in total. The Morgan fingerprint density at radius 1 is 1.41 bits per heavy atom. The number of rotatable bonds is 3. The van der Waals surface area contributed by atoms with Crippen molar-refractivity contribution in [3.8, 4) is 0 Å². The fraction of sp³-hybridized carbons (Fsp3) is 0.385. The van der Waals surface area contributed by atoms with Crippen LogP contribution >= 0.6 is 0 Å². The molecule has 2 rings (SSSR count). The smallest absolute Gasteiger partial charge is 0.229 e. The number of hydrogen-bond acceptors (Lipinski definition) is 2. The minimum atomic E-state index is -0.0416. The molecule has 0 spiro atoms. The van der Waals surface area contributed by atoms with Crippen molar-refractivity contribution in [2.45, 2.75) is 27.3 Å². The van der Waals surface area contributed by atoms with E-state index < -0.39 is 0 Å². The second kappa shape index (κ2) is 4.57. The Hall–Kier alpha value is -1.84. The number of anilines is 1. The minimum absolute atomic E-state index is 0.00462. The summed E-state index contributed by atoms with van der Waals surface area (Å²) < 4.78 is 2.01. The zero-order chi connectivity index (χ0) is 12.4. The third-order valence-corrected chi connectivity index (χ3v) is 2.73. The third kappa shape index (κ3) is 2.16. The van der Waals surface area contributed by atoms with Crippen LogP contribution in [0.5, 0.6) is 0 Å². The van der Waals surface area contributed by atoms with Crippen LogP contribution in [0.3, 0.4) is 0 Å². The number of hydrogen-bond donors (Lipinski definition) is 1. The molecule has 0 bridgehead atoms. The van der Waals surface area contributed by atoms with Gasteiger partial charge in [0.25, 0.3) is 0 Å². The molecule has 1 aromatic carbocycles. The number of amides is 1. The average molecular weight is 231 g/mol. The van der Waals surface area contributed by atoms with E-state index in [9.17, 15) is 4.79 Å². The van der Waals surface area contributed by atoms with Gasteiger partial charge in [0.2, 0.25) is 11.9 Å². The highest BCUT2D eigenvalue weighted by atomic mass is 16.2. The van der Waals surface area contributed by atoms with Gasteiger partial charge in [0.1, 0.15) is 0 Å². The highest BCUT2D eigenvalue weighted by Crippen LogP contribution is 2.19. The molecule has 1 heterocycles. The van der Waals surface area contributed by atoms with Gasteiger partial charge < -0.3 is 4.57 Å². The van der Waals surface area contributed by atoms with Gasteiger partial charge in [0, 0.05) is 12.5 Å². The van der Waals surface area contributed by atoms with Crippen LogP contribution < -0.4 is 5.32 Å². The summed E-state index contributed by atoms with van der Waals surface area (Å²) in [5.74, 6) is 0.586. The van der Waals surface area contributed by atoms with Gasteiger partial charge in [-0.25, -0.2) is 4.98 Å². The van der Waals surface area contributed by atoms with Gasteiger partial charge in [0.15, 0.2) is 0 Å². The molecular formula is C13H17N3O. The maximum absolute atomic E-state index is 11.7. The summed E-state index contributed by atoms with van der Waals surface area (Å²) in [5.41, 5.74) is 1.96. The predicted octanol–water partition coefficient (Wildman–Crippen LogP) is 2.65. The molecule has 2 aromatic rings. The summed E-state index contributed by atoms with van der Waals surface area (Å²) in [6.45, 7) is 6.57. The van der Waals surface area contributed by atoms with E-state index in [2.05, 4.69) is 10.3 Å². The number of aromatic nitrogens is 2. The van der Waals surface area contributed by atoms with Gasteiger partial charge in [-0.2, -0.15) is 0 Å². The third-order valence-electron chi connectivity index (χ3n) is 2.73. The van der Waals surface area contributed by atoms with Crippen LogP contribution in [-0.2, 0) is 11.3 Å². The summed E-state index contributed by atoms with van der Waals surface area (Å²) in [4.78, 5) is 16.1. The fourth-order valence-corrected chi connectivity index (χ4v) is 1.75. The summed E-state index contributed by atoms with van der Waals surface area (Å²) in [5, 5.41) is 2.86. The van der Waals surface area contributed by atoms with Crippen molar-refractivity contribution in [2.75, 3.05) is 5.32 Å². The topological polar surface area (TPSA) is 46.9 Å². The first-order valence-electron chi connectivity index (χ1n) is 5.89. The Bertz CT molecular complexity index is 543. The molecule has 0 aliphatic rings. The van der Waals surface area contributed by atoms with E-state index in [1.165, 1.54) is 0 Å². The molecule has 4 heteroatoms. The zero-order valence-electron chi connectivity index (χ0n) is 10.4. The van der Waals surface area contributed by atoms with Crippen LogP contribution in [0, 0.1) is 5.92 Å². The van der Waals surface area contributed by atoms with Crippen molar-refractivity contribution in [3.63, 3.8) is 0 Å². The highest BCUT2D eigenvalue weighted by Gasteiger charge is 2.13. The first kappa shape index (κ1) is 11.6. The summed E-state index contributed by atoms with van der Waals surface area (Å²) in [6, 6.07) is 7.89. The molecular weight excluding hydrogens is 214 g/mol. The number of benzene rings is 1. The molecule has 0 fully saturated rings. The lowest BCUT2D eigenvalue weighted by atomic mass is 10.2. The van der Waals surface area contributed by atoms with E-state index in [0.717, 1.165) is 17.6 Å². The summed E-state index contributed by atoms with van der Waals surface area (Å²) in [6.07, 6.45) is 0. The number of nitrogens with zero attached hydrogens (tertiary/aromatic N) is 2. The van der Waals surface area contributed by atoms with Crippen molar-refractivity contribution in [1.29, 1.82) is 0 Å². The lowest BCUT2D eigenvalue weighted by molar-refractivity contribution is -0.118. The lowest BCUT2D eigenvalue weighted by Gasteiger charge is -2.09. The molecule has 0 atom stereocenters. The second-order valence-corrected chi connectivity index (χ2v) is 4.31. The maximum Gasteiger partial charge on any atom is 0.229 e. The Labute approximate surface area is 101 Å². The standard InChI is InChI=1S/C13H17N3O/c1-4-16-11-8-6-5-7-10(11)14-13(16)15-12(17)9(2)3/h5-9H,4H2,1-3H3,(H,14,15,17). The number of imidazole rings is 1. The highest BCUT2D eigenvalue weighted by molar-refractivity contribution is 5.92. The van der Waals surface area contributed by atoms with Gasteiger partial charge in [0.05, 0.1) is 11.0 Å². The maximum atomic E-state index is 11.7. The van der Waals surface area contributed by atoms with Crippen molar-refractivity contribution in [1.82, 2.24) is 9.55 Å². The molecule has 1 aromatic heterocycles. The van der Waals surface area contributed by atoms with Gasteiger partial charge in [-0.15, -0.1) is 0 Å². The molecule has 90 valence electrons. The van der Waals surface area contributed by atoms with Gasteiger partial charge in [-0.3, -0.25) is 10.1 Å². The lowest BCUT2D eigenvalue weighted by Crippen LogP contribution is -2.20. The number of carbonyl (C=O) groups excluding carboxylic acids is 1. The van der Waals surface area contributed by atoms with Crippen LogP contribution in [0.2, 0.25) is 0 Å². The molecule has 0 aliphatic carbocycles. The number of aryl methyl sites for hydroxylation is 1. The number of fused-ring (bicyclic) bond motifs is 1. The second-order valence-electron chi connectivity index (χ2n) is 4.31. The van der Waals surface area contributed by atoms with E-state index in [1.807, 2.05) is 49.6 Å². The van der Waals surface area contributed by atoms with Gasteiger partial charge in [-0.1, -0.05) is 26.0 Å². The largest absolute Gasteiger partial charge is 0.310 e. The number of carbonyl (C=O) groups is 1. The summed E-state index contributed by atoms with van der Waals surface area (Å²) in [7, 11) is 0. The molecule has 0 saturated heterocycles. The molecule has 17 heavy (non-hydrogen) atoms. The Morgan fingerprint density at radius 2 is 2.12 bits per heavy atom. The molecule has 0 unspecified atom stereocenters. The van der Waals surface area contributed by atoms with Crippen LogP contribution in [0.25, 0.3) is 11.0 Å². The van der Waals surface area contributed by atoms with Gasteiger partial charge >= 0.3 is 0 Å². The number of nitrogens with one attached hydrogen (secondary N) is 1. The molecule has 0 saturated carbocycles. The van der Waals surface area contributed by atoms with Crippen LogP contribution in [0.4, 0.5) is 5.95 Å². The number of para-hydroxylation sites is 2. The van der Waals surface area contributed by atoms with Crippen molar-refractivity contribution in [3.05, 3.63) is 24.3 Å². The van der Waals surface area contributed by atoms with E-state index in [-0.39, 0.29) is 11.8 Å². The molecule has 4 nitrogen and oxygen atoms in total. The van der Waals surface area contributed by atoms with Crippen molar-refractivity contribution >= 4 is 22.9 Å². The first-order valence-corrected chi connectivity index (χ1v) is 5.89. The van der Waals surface area contributed by atoms with Crippen LogP contribution in [-0.4, -0.2) is 15.5 Å². The van der Waals surface area contributed by atoms with Crippen molar-refractivity contribution in [2.24, 2.45) is 5.92 Å². The van der Waals surface area contributed by atoms with Crippen LogP contribution in [0.1, 0.15) is 20.8 Å². The van der Waals surface area contributed by atoms with E-state index in [4.69, 9.17) is 0 Å². The van der Waals surface area contributed by atoms with E-state index in [0.29, 0.717) is 5.95 Å². The predicted molar refractivity (Wildman–Crippen MR) is 68.9 cm³/mol. The molecule has 0 aliphatic heterocycles. The fourth-order valence-electron chi connectivity index (χ4n) is 1.75.